The van der Waals surface area contributed by atoms with Crippen LogP contribution in [0.25, 0.3) is 0 Å². The van der Waals surface area contributed by atoms with Crippen molar-refractivity contribution in [3.05, 3.63) is 54.1 Å². The third-order valence-corrected chi connectivity index (χ3v) is 5.54. The van der Waals surface area contributed by atoms with E-state index in [1.54, 1.807) is 4.90 Å². The number of fused-ring (bicyclic) bond motifs is 1. The molecule has 0 spiro atoms. The Balaban J connectivity index is 1.43. The predicted molar refractivity (Wildman–Crippen MR) is 112 cm³/mol. The Morgan fingerprint density at radius 2 is 1.79 bits per heavy atom. The maximum absolute atomic E-state index is 12.8. The molecule has 3 amide bonds. The highest BCUT2D eigenvalue weighted by atomic mass is 16.2. The molecule has 1 atom stereocenters. The molecule has 0 aromatic heterocycles. The van der Waals surface area contributed by atoms with Crippen molar-refractivity contribution in [1.82, 2.24) is 4.90 Å². The minimum absolute atomic E-state index is 0.133. The molecule has 4 rings (SSSR count). The van der Waals surface area contributed by atoms with Gasteiger partial charge in [0, 0.05) is 37.2 Å². The number of carbonyl (C=O) groups is 2. The lowest BCUT2D eigenvalue weighted by atomic mass is 10.0. The number of amides is 3. The number of benzene rings is 2. The first-order valence-electron chi connectivity index (χ1n) is 9.89. The summed E-state index contributed by atoms with van der Waals surface area (Å²) in [5.41, 5.74) is 4.02. The lowest BCUT2D eigenvalue weighted by Crippen LogP contribution is -2.45. The van der Waals surface area contributed by atoms with Crippen LogP contribution < -0.4 is 15.5 Å². The number of carbonyl (C=O) groups excluding carboxylic acids is 2. The van der Waals surface area contributed by atoms with Crippen LogP contribution in [0.15, 0.2) is 48.5 Å². The van der Waals surface area contributed by atoms with E-state index in [0.717, 1.165) is 37.2 Å². The molecule has 0 unspecified atom stereocenters. The Labute approximate surface area is 165 Å². The molecule has 0 saturated carbocycles. The fourth-order valence-corrected chi connectivity index (χ4v) is 4.09. The molecule has 6 heteroatoms. The van der Waals surface area contributed by atoms with Crippen LogP contribution in [0.2, 0.25) is 0 Å². The summed E-state index contributed by atoms with van der Waals surface area (Å²) >= 11 is 0. The van der Waals surface area contributed by atoms with Gasteiger partial charge in [-0.15, -0.1) is 0 Å². The van der Waals surface area contributed by atoms with Crippen molar-refractivity contribution < 1.29 is 9.59 Å². The number of nitrogens with zero attached hydrogens (tertiary/aromatic N) is 2. The summed E-state index contributed by atoms with van der Waals surface area (Å²) in [5.74, 6) is -0.133. The van der Waals surface area contributed by atoms with E-state index in [0.29, 0.717) is 13.0 Å². The van der Waals surface area contributed by atoms with Gasteiger partial charge in [0.1, 0.15) is 6.04 Å². The van der Waals surface area contributed by atoms with E-state index in [4.69, 9.17) is 0 Å². The van der Waals surface area contributed by atoms with Gasteiger partial charge in [-0.2, -0.15) is 0 Å². The van der Waals surface area contributed by atoms with Crippen molar-refractivity contribution in [3.8, 4) is 0 Å². The molecule has 2 N–H and O–H groups in total. The van der Waals surface area contributed by atoms with Crippen molar-refractivity contribution in [2.45, 2.75) is 31.7 Å². The predicted octanol–water partition coefficient (Wildman–Crippen LogP) is 3.70. The van der Waals surface area contributed by atoms with Crippen molar-refractivity contribution in [3.63, 3.8) is 0 Å². The molecule has 6 nitrogen and oxygen atoms in total. The van der Waals surface area contributed by atoms with E-state index in [1.165, 1.54) is 11.3 Å². The van der Waals surface area contributed by atoms with Gasteiger partial charge in [-0.1, -0.05) is 18.2 Å². The lowest BCUT2D eigenvalue weighted by molar-refractivity contribution is -0.119. The van der Waals surface area contributed by atoms with Gasteiger partial charge in [0.2, 0.25) is 5.91 Å². The molecule has 0 aliphatic carbocycles. The van der Waals surface area contributed by atoms with Crippen LogP contribution in [0, 0.1) is 0 Å². The third kappa shape index (κ3) is 3.81. The molecular weight excluding hydrogens is 352 g/mol. The topological polar surface area (TPSA) is 64.7 Å². The van der Waals surface area contributed by atoms with Gasteiger partial charge >= 0.3 is 6.03 Å². The summed E-state index contributed by atoms with van der Waals surface area (Å²) in [4.78, 5) is 29.4. The number of urea groups is 1. The van der Waals surface area contributed by atoms with Gasteiger partial charge in [0.05, 0.1) is 0 Å². The fraction of sp³-hybridized carbons (Fsp3) is 0.364. The molecule has 28 heavy (non-hydrogen) atoms. The van der Waals surface area contributed by atoms with E-state index >= 15 is 0 Å². The minimum atomic E-state index is -0.441. The maximum atomic E-state index is 12.8. The number of nitrogens with one attached hydrogen (secondary N) is 2. The van der Waals surface area contributed by atoms with E-state index in [-0.39, 0.29) is 11.9 Å². The molecule has 146 valence electrons. The number of rotatable bonds is 3. The number of likely N-dealkylation sites (tertiary alicyclic amines) is 1. The highest BCUT2D eigenvalue weighted by Gasteiger charge is 2.34. The van der Waals surface area contributed by atoms with Gasteiger partial charge in [0.15, 0.2) is 0 Å². The summed E-state index contributed by atoms with van der Waals surface area (Å²) in [5, 5.41) is 5.90. The molecule has 1 fully saturated rings. The molecule has 2 aliphatic rings. The van der Waals surface area contributed by atoms with E-state index < -0.39 is 6.04 Å². The number of aryl methyl sites for hydroxylation is 1. The standard InChI is InChI=1S/C22H26N4O2/c1-25-13-5-7-16-15-18(11-12-19(16)25)24-22(28)26-14-6-10-20(26)21(27)23-17-8-3-2-4-9-17/h2-4,8-9,11-12,15,20H,5-7,10,13-14H2,1H3,(H,23,27)(H,24,28)/t20-/m1/s1. The summed E-state index contributed by atoms with van der Waals surface area (Å²) in [7, 11) is 2.09. The quantitative estimate of drug-likeness (QED) is 0.856. The Bertz CT molecular complexity index is 868. The van der Waals surface area contributed by atoms with E-state index in [2.05, 4.69) is 34.7 Å². The van der Waals surface area contributed by atoms with Crippen LogP contribution in [0.5, 0.6) is 0 Å². The monoisotopic (exact) mass is 378 g/mol. The number of para-hydroxylation sites is 1. The van der Waals surface area contributed by atoms with Gasteiger partial charge in [0.25, 0.3) is 0 Å². The van der Waals surface area contributed by atoms with Crippen LogP contribution in [-0.4, -0.2) is 43.0 Å². The highest BCUT2D eigenvalue weighted by molar-refractivity contribution is 5.99. The first-order valence-corrected chi connectivity index (χ1v) is 9.89. The molecular formula is C22H26N4O2. The smallest absolute Gasteiger partial charge is 0.322 e. The zero-order chi connectivity index (χ0) is 19.5. The van der Waals surface area contributed by atoms with Crippen LogP contribution in [0.4, 0.5) is 21.9 Å². The fourth-order valence-electron chi connectivity index (χ4n) is 4.09. The van der Waals surface area contributed by atoms with Crippen LogP contribution in [0.1, 0.15) is 24.8 Å². The van der Waals surface area contributed by atoms with Crippen LogP contribution >= 0.6 is 0 Å². The van der Waals surface area contributed by atoms with E-state index in [9.17, 15) is 9.59 Å². The Morgan fingerprint density at radius 3 is 2.61 bits per heavy atom. The zero-order valence-corrected chi connectivity index (χ0v) is 16.1. The molecule has 2 aliphatic heterocycles. The largest absolute Gasteiger partial charge is 0.374 e. The second-order valence-corrected chi connectivity index (χ2v) is 7.51. The Kier molecular flexibility index (Phi) is 5.19. The van der Waals surface area contributed by atoms with Crippen LogP contribution in [-0.2, 0) is 11.2 Å². The first-order chi connectivity index (χ1) is 13.6. The number of hydrogen-bond donors (Lipinski definition) is 2. The normalized spacial score (nSPS) is 18.5. The van der Waals surface area contributed by atoms with Crippen molar-refractivity contribution in [1.29, 1.82) is 0 Å². The average Bonchev–Trinajstić information content (AvgIpc) is 3.19. The minimum Gasteiger partial charge on any atom is -0.374 e. The first kappa shape index (κ1) is 18.3. The summed E-state index contributed by atoms with van der Waals surface area (Å²) in [6, 6.07) is 14.8. The summed E-state index contributed by atoms with van der Waals surface area (Å²) < 4.78 is 0. The molecule has 0 radical (unpaired) electrons. The second kappa shape index (κ2) is 7.92. The maximum Gasteiger partial charge on any atom is 0.322 e. The molecule has 2 aromatic carbocycles. The zero-order valence-electron chi connectivity index (χ0n) is 16.1. The van der Waals surface area contributed by atoms with Crippen molar-refractivity contribution in [2.24, 2.45) is 0 Å². The van der Waals surface area contributed by atoms with Gasteiger partial charge in [-0.3, -0.25) is 4.79 Å². The Morgan fingerprint density at radius 1 is 0.964 bits per heavy atom. The van der Waals surface area contributed by atoms with E-state index in [1.807, 2.05) is 36.4 Å². The molecule has 1 saturated heterocycles. The molecule has 2 heterocycles. The summed E-state index contributed by atoms with van der Waals surface area (Å²) in [6.07, 6.45) is 3.65. The van der Waals surface area contributed by atoms with Gasteiger partial charge in [-0.05, 0) is 61.6 Å². The number of anilines is 3. The van der Waals surface area contributed by atoms with Crippen LogP contribution in [0.3, 0.4) is 0 Å². The van der Waals surface area contributed by atoms with Gasteiger partial charge in [-0.25, -0.2) is 4.79 Å². The summed E-state index contributed by atoms with van der Waals surface area (Å²) in [6.45, 7) is 1.65. The SMILES string of the molecule is CN1CCCc2cc(NC(=O)N3CCC[C@@H]3C(=O)Nc3ccccc3)ccc21. The van der Waals surface area contributed by atoms with Gasteiger partial charge < -0.3 is 20.4 Å². The number of hydrogen-bond acceptors (Lipinski definition) is 3. The molecule has 0 bridgehead atoms. The third-order valence-electron chi connectivity index (χ3n) is 5.54. The molecule has 2 aromatic rings. The Hall–Kier alpha value is -3.02. The highest BCUT2D eigenvalue weighted by Crippen LogP contribution is 2.29. The average molecular weight is 378 g/mol. The lowest BCUT2D eigenvalue weighted by Gasteiger charge is -2.28. The van der Waals surface area contributed by atoms with Crippen molar-refractivity contribution >= 4 is 29.0 Å². The van der Waals surface area contributed by atoms with Crippen molar-refractivity contribution in [2.75, 3.05) is 35.7 Å². The second-order valence-electron chi connectivity index (χ2n) is 7.51.